The van der Waals surface area contributed by atoms with E-state index >= 15 is 0 Å². The predicted octanol–water partition coefficient (Wildman–Crippen LogP) is 4.96. The first kappa shape index (κ1) is 23.3. The van der Waals surface area contributed by atoms with E-state index in [0.29, 0.717) is 29.0 Å². The van der Waals surface area contributed by atoms with Crippen LogP contribution in [0.3, 0.4) is 0 Å². The molecule has 2 N–H and O–H groups in total. The van der Waals surface area contributed by atoms with Gasteiger partial charge in [-0.05, 0) is 49.4 Å². The molecule has 33 heavy (non-hydrogen) atoms. The number of hydrogen-bond acceptors (Lipinski definition) is 6. The molecular weight excluding hydrogens is 442 g/mol. The van der Waals surface area contributed by atoms with Crippen LogP contribution in [0.25, 0.3) is 0 Å². The van der Waals surface area contributed by atoms with E-state index in [1.165, 1.54) is 0 Å². The van der Waals surface area contributed by atoms with Gasteiger partial charge in [-0.2, -0.15) is 4.98 Å². The van der Waals surface area contributed by atoms with Gasteiger partial charge >= 0.3 is 6.09 Å². The molecule has 1 aliphatic carbocycles. The fourth-order valence-corrected chi connectivity index (χ4v) is 4.61. The molecule has 0 bridgehead atoms. The summed E-state index contributed by atoms with van der Waals surface area (Å²) >= 11 is 6.45. The first-order valence-electron chi connectivity index (χ1n) is 11.5. The topological polar surface area (TPSA) is 96.5 Å². The average molecular weight is 472 g/mol. The molecule has 0 spiro atoms. The van der Waals surface area contributed by atoms with Gasteiger partial charge in [-0.25, -0.2) is 9.78 Å². The summed E-state index contributed by atoms with van der Waals surface area (Å²) in [5.74, 6) is 0.986. The highest BCUT2D eigenvalue weighted by Gasteiger charge is 2.37. The lowest BCUT2D eigenvalue weighted by Crippen LogP contribution is -2.37. The zero-order valence-electron chi connectivity index (χ0n) is 19.2. The molecule has 9 heteroatoms. The summed E-state index contributed by atoms with van der Waals surface area (Å²) in [5.41, 5.74) is 1.37. The van der Waals surface area contributed by atoms with Crippen LogP contribution in [0.2, 0.25) is 5.02 Å². The van der Waals surface area contributed by atoms with Crippen molar-refractivity contribution in [1.29, 1.82) is 0 Å². The number of rotatable bonds is 7. The Morgan fingerprint density at radius 3 is 2.67 bits per heavy atom. The van der Waals surface area contributed by atoms with Crippen molar-refractivity contribution in [2.45, 2.75) is 64.6 Å². The van der Waals surface area contributed by atoms with Gasteiger partial charge < -0.3 is 15.4 Å². The second-order valence-electron chi connectivity index (χ2n) is 9.06. The van der Waals surface area contributed by atoms with Crippen molar-refractivity contribution in [3.63, 3.8) is 0 Å². The van der Waals surface area contributed by atoms with Gasteiger partial charge in [-0.3, -0.25) is 9.69 Å². The van der Waals surface area contributed by atoms with E-state index in [1.807, 2.05) is 26.8 Å². The second-order valence-corrected chi connectivity index (χ2v) is 9.46. The molecule has 1 saturated carbocycles. The third kappa shape index (κ3) is 5.21. The third-order valence-electron chi connectivity index (χ3n) is 6.34. The summed E-state index contributed by atoms with van der Waals surface area (Å²) < 4.78 is 5.23. The maximum absolute atomic E-state index is 12.6. The Balaban J connectivity index is 1.45. The Labute approximate surface area is 199 Å². The monoisotopic (exact) mass is 471 g/mol. The Bertz CT molecular complexity index is 1020. The molecule has 2 aliphatic rings. The molecule has 1 aromatic heterocycles. The van der Waals surface area contributed by atoms with Gasteiger partial charge in [-0.1, -0.05) is 44.4 Å². The van der Waals surface area contributed by atoms with Crippen LogP contribution in [0.5, 0.6) is 0 Å². The highest BCUT2D eigenvalue weighted by molar-refractivity contribution is 6.33. The molecule has 2 fully saturated rings. The number of carbonyl (C=O) groups excluding carboxylic acids is 2. The van der Waals surface area contributed by atoms with E-state index in [1.54, 1.807) is 29.3 Å². The van der Waals surface area contributed by atoms with Crippen molar-refractivity contribution in [3.05, 3.63) is 46.6 Å². The largest absolute Gasteiger partial charge is 0.447 e. The Hall–Kier alpha value is -2.87. The van der Waals surface area contributed by atoms with Gasteiger partial charge in [-0.15, -0.1) is 0 Å². The van der Waals surface area contributed by atoms with Crippen LogP contribution in [0.15, 0.2) is 30.5 Å². The maximum atomic E-state index is 12.6. The van der Waals surface area contributed by atoms with Crippen molar-refractivity contribution < 1.29 is 14.3 Å². The lowest BCUT2D eigenvalue weighted by atomic mass is 10.0. The van der Waals surface area contributed by atoms with Crippen molar-refractivity contribution in [3.8, 4) is 0 Å². The molecule has 1 aliphatic heterocycles. The van der Waals surface area contributed by atoms with E-state index in [4.69, 9.17) is 16.3 Å². The number of ether oxygens (including phenoxy) is 1. The number of benzene rings is 1. The molecule has 0 unspecified atom stereocenters. The maximum Gasteiger partial charge on any atom is 0.415 e. The van der Waals surface area contributed by atoms with Crippen molar-refractivity contribution in [2.75, 3.05) is 16.8 Å². The van der Waals surface area contributed by atoms with E-state index in [0.717, 1.165) is 31.2 Å². The predicted molar refractivity (Wildman–Crippen MR) is 128 cm³/mol. The lowest BCUT2D eigenvalue weighted by Gasteiger charge is -2.24. The summed E-state index contributed by atoms with van der Waals surface area (Å²) in [6.45, 7) is 6.40. The minimum atomic E-state index is -0.398. The number of anilines is 2. The molecular formula is C24H30ClN5O3. The lowest BCUT2D eigenvalue weighted by molar-refractivity contribution is 0.0938. The molecule has 0 radical (unpaired) electrons. The van der Waals surface area contributed by atoms with E-state index in [-0.39, 0.29) is 30.0 Å². The van der Waals surface area contributed by atoms with E-state index < -0.39 is 6.09 Å². The van der Waals surface area contributed by atoms with Gasteiger partial charge in [0.05, 0.1) is 22.7 Å². The van der Waals surface area contributed by atoms with Gasteiger partial charge in [0.25, 0.3) is 5.91 Å². The van der Waals surface area contributed by atoms with Gasteiger partial charge in [0.1, 0.15) is 12.4 Å². The summed E-state index contributed by atoms with van der Waals surface area (Å²) in [6.07, 6.45) is 5.57. The summed E-state index contributed by atoms with van der Waals surface area (Å²) in [7, 11) is 0. The fraction of sp³-hybridized carbons (Fsp3) is 0.500. The molecule has 1 aromatic carbocycles. The van der Waals surface area contributed by atoms with Crippen LogP contribution in [-0.2, 0) is 4.74 Å². The highest BCUT2D eigenvalue weighted by Crippen LogP contribution is 2.28. The minimum Gasteiger partial charge on any atom is -0.447 e. The first-order chi connectivity index (χ1) is 15.8. The highest BCUT2D eigenvalue weighted by atomic mass is 35.5. The van der Waals surface area contributed by atoms with Crippen LogP contribution in [0.1, 0.15) is 68.4 Å². The molecule has 2 atom stereocenters. The number of carbonyl (C=O) groups is 2. The van der Waals surface area contributed by atoms with Crippen molar-refractivity contribution >= 4 is 35.4 Å². The SMILES string of the molecule is CC(C)[C@H]1COC(=O)N1c1ccnc(N[C@@H](C)c2ccc(C(=O)NC3CCCC3)c(Cl)c2)n1. The summed E-state index contributed by atoms with van der Waals surface area (Å²) in [4.78, 5) is 35.3. The van der Waals surface area contributed by atoms with Crippen LogP contribution >= 0.6 is 11.6 Å². The molecule has 2 amide bonds. The smallest absolute Gasteiger partial charge is 0.415 e. The molecule has 2 aromatic rings. The standard InChI is InChI=1S/C24H30ClN5O3/c1-14(2)20-13-33-24(32)30(20)21-10-11-26-23(29-21)27-15(3)16-8-9-18(19(25)12-16)22(31)28-17-6-4-5-7-17/h8-12,14-15,17,20H,4-7,13H2,1-3H3,(H,28,31)(H,26,27,29)/t15-,20+/m0/s1. The van der Waals surface area contributed by atoms with Gasteiger partial charge in [0.2, 0.25) is 5.95 Å². The van der Waals surface area contributed by atoms with E-state index in [2.05, 4.69) is 20.6 Å². The first-order valence-corrected chi connectivity index (χ1v) is 11.9. The Morgan fingerprint density at radius 1 is 1.21 bits per heavy atom. The quantitative estimate of drug-likeness (QED) is 0.592. The molecule has 1 saturated heterocycles. The number of nitrogens with one attached hydrogen (secondary N) is 2. The molecule has 4 rings (SSSR count). The summed E-state index contributed by atoms with van der Waals surface area (Å²) in [5, 5.41) is 6.73. The minimum absolute atomic E-state index is 0.0700. The number of nitrogens with zero attached hydrogens (tertiary/aromatic N) is 3. The zero-order chi connectivity index (χ0) is 23.5. The van der Waals surface area contributed by atoms with E-state index in [9.17, 15) is 9.59 Å². The molecule has 176 valence electrons. The Kier molecular flexibility index (Phi) is 7.02. The fourth-order valence-electron chi connectivity index (χ4n) is 4.34. The third-order valence-corrected chi connectivity index (χ3v) is 6.65. The normalized spacial score (nSPS) is 19.6. The van der Waals surface area contributed by atoms with Crippen LogP contribution in [0, 0.1) is 5.92 Å². The van der Waals surface area contributed by atoms with Crippen LogP contribution < -0.4 is 15.5 Å². The zero-order valence-corrected chi connectivity index (χ0v) is 19.9. The number of cyclic esters (lactones) is 1. The van der Waals surface area contributed by atoms with Crippen LogP contribution in [0.4, 0.5) is 16.6 Å². The average Bonchev–Trinajstić information content (AvgIpc) is 3.43. The molecule has 2 heterocycles. The summed E-state index contributed by atoms with van der Waals surface area (Å²) in [6, 6.07) is 7.12. The number of aromatic nitrogens is 2. The van der Waals surface area contributed by atoms with Gasteiger partial charge in [0, 0.05) is 12.2 Å². The van der Waals surface area contributed by atoms with Crippen molar-refractivity contribution in [1.82, 2.24) is 15.3 Å². The number of amides is 2. The molecule has 8 nitrogen and oxygen atoms in total. The van der Waals surface area contributed by atoms with Crippen molar-refractivity contribution in [2.24, 2.45) is 5.92 Å². The number of hydrogen-bond donors (Lipinski definition) is 2. The van der Waals surface area contributed by atoms with Crippen LogP contribution in [-0.4, -0.2) is 40.7 Å². The second kappa shape index (κ2) is 9.95. The Morgan fingerprint density at radius 2 is 1.97 bits per heavy atom. The van der Waals surface area contributed by atoms with Gasteiger partial charge in [0.15, 0.2) is 0 Å². The number of halogens is 1.